The Kier molecular flexibility index (Phi) is 12.2. The van der Waals surface area contributed by atoms with Crippen LogP contribution in [0.15, 0.2) is 84.9 Å². The summed E-state index contributed by atoms with van der Waals surface area (Å²) >= 11 is 0. The summed E-state index contributed by atoms with van der Waals surface area (Å²) in [6.07, 6.45) is 14.9. The van der Waals surface area contributed by atoms with Gasteiger partial charge in [-0.15, -0.1) is 0 Å². The van der Waals surface area contributed by atoms with Crippen LogP contribution in [0.3, 0.4) is 0 Å². The number of Topliss-reactive ketones (excluding diaryl/α,β-unsaturated/α-hetero) is 2. The van der Waals surface area contributed by atoms with Crippen molar-refractivity contribution in [3.63, 3.8) is 0 Å². The van der Waals surface area contributed by atoms with Gasteiger partial charge in [-0.1, -0.05) is 114 Å². The van der Waals surface area contributed by atoms with Crippen LogP contribution in [0.2, 0.25) is 0 Å². The lowest BCUT2D eigenvalue weighted by Gasteiger charge is -2.20. The van der Waals surface area contributed by atoms with E-state index >= 15 is 0 Å². The quantitative estimate of drug-likeness (QED) is 0.0824. The Balaban J connectivity index is 1.27. The van der Waals surface area contributed by atoms with Crippen molar-refractivity contribution < 1.29 is 19.1 Å². The van der Waals surface area contributed by atoms with Gasteiger partial charge in [0.1, 0.15) is 11.5 Å². The van der Waals surface area contributed by atoms with Gasteiger partial charge in [-0.25, -0.2) is 0 Å². The molecule has 5 rings (SSSR count). The van der Waals surface area contributed by atoms with Gasteiger partial charge in [0.2, 0.25) is 11.6 Å². The topological polar surface area (TPSA) is 52.6 Å². The highest BCUT2D eigenvalue weighted by molar-refractivity contribution is 6.53. The molecule has 0 fully saturated rings. The minimum atomic E-state index is -0.452. The van der Waals surface area contributed by atoms with Crippen LogP contribution in [-0.4, -0.2) is 24.8 Å². The molecule has 0 amide bonds. The summed E-state index contributed by atoms with van der Waals surface area (Å²) in [5.41, 5.74) is 6.55. The van der Waals surface area contributed by atoms with Crippen molar-refractivity contribution in [2.24, 2.45) is 0 Å². The Bertz CT molecular complexity index is 1460. The minimum absolute atomic E-state index is 0.452. The van der Waals surface area contributed by atoms with E-state index in [2.05, 4.69) is 38.1 Å². The first-order valence-electron chi connectivity index (χ1n) is 17.4. The van der Waals surface area contributed by atoms with E-state index in [0.29, 0.717) is 11.1 Å². The number of benzene rings is 4. The molecular formula is C42H48O4. The molecule has 0 radical (unpaired) electrons. The fourth-order valence-electron chi connectivity index (χ4n) is 6.17. The minimum Gasteiger partial charge on any atom is -0.494 e. The van der Waals surface area contributed by atoms with Crippen molar-refractivity contribution in [1.82, 2.24) is 0 Å². The maximum Gasteiger partial charge on any atom is 0.234 e. The van der Waals surface area contributed by atoms with Crippen LogP contribution >= 0.6 is 0 Å². The molecule has 240 valence electrons. The lowest BCUT2D eigenvalue weighted by Crippen LogP contribution is -2.21. The first kappa shape index (κ1) is 33.2. The van der Waals surface area contributed by atoms with Gasteiger partial charge in [-0.3, -0.25) is 9.59 Å². The summed E-state index contributed by atoms with van der Waals surface area (Å²) in [5, 5.41) is 0. The molecule has 0 unspecified atom stereocenters. The Hall–Kier alpha value is -4.18. The van der Waals surface area contributed by atoms with Gasteiger partial charge in [0.25, 0.3) is 0 Å². The predicted molar refractivity (Wildman–Crippen MR) is 189 cm³/mol. The lowest BCUT2D eigenvalue weighted by molar-refractivity contribution is 0.0815. The highest BCUT2D eigenvalue weighted by Crippen LogP contribution is 2.39. The zero-order valence-corrected chi connectivity index (χ0v) is 27.6. The molecule has 4 heteroatoms. The van der Waals surface area contributed by atoms with Crippen molar-refractivity contribution in [1.29, 1.82) is 0 Å². The third-order valence-electron chi connectivity index (χ3n) is 8.93. The van der Waals surface area contributed by atoms with Crippen LogP contribution in [0, 0.1) is 0 Å². The molecule has 4 nitrogen and oxygen atoms in total. The molecule has 4 aromatic carbocycles. The summed E-state index contributed by atoms with van der Waals surface area (Å²) in [5.74, 6) is 0.828. The number of ketones is 2. The smallest absolute Gasteiger partial charge is 0.234 e. The summed E-state index contributed by atoms with van der Waals surface area (Å²) in [7, 11) is 0. The van der Waals surface area contributed by atoms with E-state index in [-0.39, 0.29) is 0 Å². The number of rotatable bonds is 18. The molecule has 46 heavy (non-hydrogen) atoms. The van der Waals surface area contributed by atoms with Gasteiger partial charge in [0.15, 0.2) is 0 Å². The molecule has 4 aromatic rings. The second kappa shape index (κ2) is 16.9. The Labute approximate surface area is 275 Å². The number of carbonyl (C=O) groups excluding carboxylic acids is 2. The van der Waals surface area contributed by atoms with E-state index in [1.165, 1.54) is 64.2 Å². The van der Waals surface area contributed by atoms with Gasteiger partial charge >= 0.3 is 0 Å². The van der Waals surface area contributed by atoms with E-state index < -0.39 is 11.6 Å². The van der Waals surface area contributed by atoms with Crippen molar-refractivity contribution in [2.75, 3.05) is 13.2 Å². The van der Waals surface area contributed by atoms with Gasteiger partial charge in [-0.05, 0) is 94.8 Å². The molecule has 0 heterocycles. The first-order valence-corrected chi connectivity index (χ1v) is 17.4. The number of hydrogen-bond acceptors (Lipinski definition) is 4. The number of carbonyl (C=O) groups is 2. The molecule has 1 aliphatic carbocycles. The Morgan fingerprint density at radius 1 is 0.391 bits per heavy atom. The summed E-state index contributed by atoms with van der Waals surface area (Å²) in [6, 6.07) is 27.8. The van der Waals surface area contributed by atoms with E-state index in [1.807, 2.05) is 48.5 Å². The predicted octanol–water partition coefficient (Wildman–Crippen LogP) is 11.5. The van der Waals surface area contributed by atoms with Gasteiger partial charge < -0.3 is 9.47 Å². The van der Waals surface area contributed by atoms with E-state index in [1.54, 1.807) is 12.1 Å². The summed E-state index contributed by atoms with van der Waals surface area (Å²) in [4.78, 5) is 26.1. The number of unbranched alkanes of at least 4 members (excludes halogenated alkanes) is 10. The molecule has 0 N–H and O–H groups in total. The number of hydrogen-bond donors (Lipinski definition) is 0. The molecule has 0 aliphatic heterocycles. The molecule has 0 spiro atoms. The first-order chi connectivity index (χ1) is 22.6. The van der Waals surface area contributed by atoms with Crippen molar-refractivity contribution in [2.45, 2.75) is 90.9 Å². The average molecular weight is 617 g/mol. The Morgan fingerprint density at radius 2 is 0.739 bits per heavy atom. The number of fused-ring (bicyclic) bond motifs is 3. The maximum atomic E-state index is 13.1. The van der Waals surface area contributed by atoms with Crippen molar-refractivity contribution >= 4 is 11.6 Å². The number of ether oxygens (including phenoxy) is 2. The molecule has 0 aromatic heterocycles. The second-order valence-electron chi connectivity index (χ2n) is 12.5. The van der Waals surface area contributed by atoms with E-state index in [4.69, 9.17) is 9.47 Å². The summed E-state index contributed by atoms with van der Waals surface area (Å²) < 4.78 is 12.0. The lowest BCUT2D eigenvalue weighted by atomic mass is 9.81. The van der Waals surface area contributed by atoms with Crippen LogP contribution < -0.4 is 9.47 Å². The monoisotopic (exact) mass is 616 g/mol. The van der Waals surface area contributed by atoms with Gasteiger partial charge in [0.05, 0.1) is 13.2 Å². The third kappa shape index (κ3) is 8.54. The average Bonchev–Trinajstić information content (AvgIpc) is 3.10. The van der Waals surface area contributed by atoms with Crippen LogP contribution in [0.4, 0.5) is 0 Å². The molecule has 0 saturated carbocycles. The highest BCUT2D eigenvalue weighted by Gasteiger charge is 2.30. The van der Waals surface area contributed by atoms with Crippen molar-refractivity contribution in [3.8, 4) is 44.9 Å². The normalized spacial score (nSPS) is 12.1. The second-order valence-corrected chi connectivity index (χ2v) is 12.5. The van der Waals surface area contributed by atoms with Crippen LogP contribution in [0.1, 0.15) is 112 Å². The molecular weight excluding hydrogens is 568 g/mol. The van der Waals surface area contributed by atoms with Crippen molar-refractivity contribution in [3.05, 3.63) is 96.1 Å². The summed E-state index contributed by atoms with van der Waals surface area (Å²) in [6.45, 7) is 5.93. The largest absolute Gasteiger partial charge is 0.494 e. The van der Waals surface area contributed by atoms with Crippen LogP contribution in [-0.2, 0) is 0 Å². The van der Waals surface area contributed by atoms with Gasteiger partial charge in [0, 0.05) is 11.1 Å². The van der Waals surface area contributed by atoms with Gasteiger partial charge in [-0.2, -0.15) is 0 Å². The zero-order chi connectivity index (χ0) is 32.1. The van der Waals surface area contributed by atoms with E-state index in [9.17, 15) is 9.59 Å². The highest BCUT2D eigenvalue weighted by atomic mass is 16.5. The molecule has 1 aliphatic rings. The molecule has 0 bridgehead atoms. The SMILES string of the molecule is CCCCCCCCOc1ccc(-c2ccc3c(c2)-c2cc(-c4ccc(OCCCCCCCC)cc4)ccc2C(=O)C3=O)cc1. The van der Waals surface area contributed by atoms with Crippen LogP contribution in [0.5, 0.6) is 11.5 Å². The standard InChI is InChI=1S/C42H48O4/c1-3-5-7-9-11-13-27-45-35-21-15-31(16-22-35)33-19-25-37-39(29-33)40-30-34(20-26-38(40)42(44)41(37)43)32-17-23-36(24-18-32)46-28-14-12-10-8-6-4-2/h15-26,29-30H,3-14,27-28H2,1-2H3. The zero-order valence-electron chi connectivity index (χ0n) is 27.6. The Morgan fingerprint density at radius 3 is 1.13 bits per heavy atom. The maximum absolute atomic E-state index is 13.1. The van der Waals surface area contributed by atoms with E-state index in [0.717, 1.165) is 70.9 Å². The molecule has 0 saturated heterocycles. The molecule has 0 atom stereocenters. The fraction of sp³-hybridized carbons (Fsp3) is 0.381. The third-order valence-corrected chi connectivity index (χ3v) is 8.93. The van der Waals surface area contributed by atoms with Crippen LogP contribution in [0.25, 0.3) is 33.4 Å². The fourth-order valence-corrected chi connectivity index (χ4v) is 6.17.